The molecule has 0 aliphatic heterocycles. The Morgan fingerprint density at radius 3 is 2.47 bits per heavy atom. The molecular formula is C12H17NO2. The molecule has 1 heterocycles. The molecule has 15 heavy (non-hydrogen) atoms. The van der Waals surface area contributed by atoms with Crippen LogP contribution in [0, 0.1) is 6.92 Å². The van der Waals surface area contributed by atoms with Gasteiger partial charge in [-0.15, -0.1) is 0 Å². The molecular weight excluding hydrogens is 190 g/mol. The van der Waals surface area contributed by atoms with Crippen molar-refractivity contribution in [2.45, 2.75) is 33.1 Å². The zero-order chi connectivity index (χ0) is 11.6. The molecule has 0 aliphatic carbocycles. The molecule has 0 aromatic carbocycles. The van der Waals surface area contributed by atoms with Crippen molar-refractivity contribution in [2.75, 3.05) is 7.11 Å². The maximum atomic E-state index is 11.6. The summed E-state index contributed by atoms with van der Waals surface area (Å²) in [5, 5.41) is 0. The van der Waals surface area contributed by atoms with E-state index in [1.54, 1.807) is 12.3 Å². The molecule has 0 atom stereocenters. The average Bonchev–Trinajstić information content (AvgIpc) is 2.14. The van der Waals surface area contributed by atoms with Crippen molar-refractivity contribution in [1.29, 1.82) is 0 Å². The number of nitrogens with zero attached hydrogens (tertiary/aromatic N) is 1. The van der Waals surface area contributed by atoms with Gasteiger partial charge >= 0.3 is 5.97 Å². The van der Waals surface area contributed by atoms with Gasteiger partial charge in [-0.25, -0.2) is 4.79 Å². The Bertz CT molecular complexity index is 378. The lowest BCUT2D eigenvalue weighted by atomic mass is 9.85. The van der Waals surface area contributed by atoms with Crippen LogP contribution in [-0.2, 0) is 10.2 Å². The molecule has 0 bridgehead atoms. The highest BCUT2D eigenvalue weighted by Gasteiger charge is 2.22. The predicted octanol–water partition coefficient (Wildman–Crippen LogP) is 2.47. The van der Waals surface area contributed by atoms with E-state index in [0.717, 1.165) is 11.3 Å². The van der Waals surface area contributed by atoms with Gasteiger partial charge in [0.1, 0.15) is 0 Å². The minimum absolute atomic E-state index is 0.107. The van der Waals surface area contributed by atoms with Crippen LogP contribution in [0.15, 0.2) is 12.3 Å². The van der Waals surface area contributed by atoms with E-state index >= 15 is 0 Å². The van der Waals surface area contributed by atoms with Crippen molar-refractivity contribution in [3.63, 3.8) is 0 Å². The maximum Gasteiger partial charge on any atom is 0.338 e. The fourth-order valence-corrected chi connectivity index (χ4v) is 1.44. The normalized spacial score (nSPS) is 11.3. The van der Waals surface area contributed by atoms with E-state index in [1.807, 2.05) is 27.7 Å². The van der Waals surface area contributed by atoms with E-state index in [2.05, 4.69) is 4.98 Å². The lowest BCUT2D eigenvalue weighted by molar-refractivity contribution is 0.0597. The number of pyridine rings is 1. The summed E-state index contributed by atoms with van der Waals surface area (Å²) in [5.74, 6) is -0.301. The quantitative estimate of drug-likeness (QED) is 0.664. The number of aromatic nitrogens is 1. The smallest absolute Gasteiger partial charge is 0.338 e. The first kappa shape index (κ1) is 11.7. The van der Waals surface area contributed by atoms with E-state index < -0.39 is 0 Å². The molecule has 0 fully saturated rings. The summed E-state index contributed by atoms with van der Waals surface area (Å²) in [4.78, 5) is 15.8. The first-order valence-electron chi connectivity index (χ1n) is 4.91. The Balaban J connectivity index is 3.33. The summed E-state index contributed by atoms with van der Waals surface area (Å²) < 4.78 is 4.76. The van der Waals surface area contributed by atoms with E-state index in [-0.39, 0.29) is 11.4 Å². The molecule has 0 radical (unpaired) electrons. The topological polar surface area (TPSA) is 39.2 Å². The SMILES string of the molecule is COC(=O)c1cc(C)ncc1C(C)(C)C. The number of esters is 1. The summed E-state index contributed by atoms with van der Waals surface area (Å²) in [6.45, 7) is 8.00. The molecule has 0 amide bonds. The zero-order valence-corrected chi connectivity index (χ0v) is 9.92. The minimum atomic E-state index is -0.301. The van der Waals surface area contributed by atoms with Gasteiger partial charge in [0.15, 0.2) is 0 Å². The van der Waals surface area contributed by atoms with Crippen LogP contribution in [-0.4, -0.2) is 18.1 Å². The Labute approximate surface area is 90.5 Å². The van der Waals surface area contributed by atoms with Crippen molar-refractivity contribution in [2.24, 2.45) is 0 Å². The third kappa shape index (κ3) is 2.55. The fraction of sp³-hybridized carbons (Fsp3) is 0.500. The number of rotatable bonds is 1. The molecule has 0 spiro atoms. The van der Waals surface area contributed by atoms with Crippen molar-refractivity contribution < 1.29 is 9.53 Å². The van der Waals surface area contributed by atoms with Gasteiger partial charge in [0.25, 0.3) is 0 Å². The van der Waals surface area contributed by atoms with E-state index in [1.165, 1.54) is 7.11 Å². The van der Waals surface area contributed by atoms with Crippen LogP contribution in [0.5, 0.6) is 0 Å². The summed E-state index contributed by atoms with van der Waals surface area (Å²) in [6, 6.07) is 1.77. The molecule has 0 N–H and O–H groups in total. The largest absolute Gasteiger partial charge is 0.465 e. The Hall–Kier alpha value is -1.38. The van der Waals surface area contributed by atoms with Crippen LogP contribution < -0.4 is 0 Å². The molecule has 1 rings (SSSR count). The van der Waals surface area contributed by atoms with Gasteiger partial charge in [-0.05, 0) is 24.0 Å². The van der Waals surface area contributed by atoms with E-state index in [0.29, 0.717) is 5.56 Å². The molecule has 0 aliphatic rings. The minimum Gasteiger partial charge on any atom is -0.465 e. The van der Waals surface area contributed by atoms with Crippen LogP contribution in [0.2, 0.25) is 0 Å². The molecule has 1 aromatic rings. The van der Waals surface area contributed by atoms with Crippen molar-refractivity contribution in [3.8, 4) is 0 Å². The highest BCUT2D eigenvalue weighted by Crippen LogP contribution is 2.25. The highest BCUT2D eigenvalue weighted by molar-refractivity contribution is 5.91. The van der Waals surface area contributed by atoms with Gasteiger partial charge in [0.05, 0.1) is 12.7 Å². The molecule has 0 saturated carbocycles. The van der Waals surface area contributed by atoms with Crippen LogP contribution in [0.1, 0.15) is 42.4 Å². The Morgan fingerprint density at radius 1 is 1.40 bits per heavy atom. The lowest BCUT2D eigenvalue weighted by Crippen LogP contribution is -2.18. The van der Waals surface area contributed by atoms with Gasteiger partial charge in [0, 0.05) is 11.9 Å². The van der Waals surface area contributed by atoms with Crippen molar-refractivity contribution in [1.82, 2.24) is 4.98 Å². The Kier molecular flexibility index (Phi) is 3.12. The number of aryl methyl sites for hydroxylation is 1. The third-order valence-corrected chi connectivity index (χ3v) is 2.25. The molecule has 1 aromatic heterocycles. The van der Waals surface area contributed by atoms with Crippen LogP contribution >= 0.6 is 0 Å². The van der Waals surface area contributed by atoms with Gasteiger partial charge in [-0.3, -0.25) is 4.98 Å². The van der Waals surface area contributed by atoms with Gasteiger partial charge < -0.3 is 4.74 Å². The molecule has 0 unspecified atom stereocenters. The standard InChI is InChI=1S/C12H17NO2/c1-8-6-9(11(14)15-5)10(7-13-8)12(2,3)4/h6-7H,1-5H3. The van der Waals surface area contributed by atoms with Crippen LogP contribution in [0.25, 0.3) is 0 Å². The van der Waals surface area contributed by atoms with Gasteiger partial charge in [-0.1, -0.05) is 20.8 Å². The molecule has 0 saturated heterocycles. The third-order valence-electron chi connectivity index (χ3n) is 2.25. The fourth-order valence-electron chi connectivity index (χ4n) is 1.44. The van der Waals surface area contributed by atoms with Crippen LogP contribution in [0.4, 0.5) is 0 Å². The average molecular weight is 207 g/mol. The predicted molar refractivity (Wildman–Crippen MR) is 59.0 cm³/mol. The highest BCUT2D eigenvalue weighted by atomic mass is 16.5. The summed E-state index contributed by atoms with van der Waals surface area (Å²) in [7, 11) is 1.39. The van der Waals surface area contributed by atoms with Crippen molar-refractivity contribution >= 4 is 5.97 Å². The first-order valence-corrected chi connectivity index (χ1v) is 4.91. The molecule has 3 nitrogen and oxygen atoms in total. The van der Waals surface area contributed by atoms with E-state index in [4.69, 9.17) is 4.74 Å². The summed E-state index contributed by atoms with van der Waals surface area (Å²) in [5.41, 5.74) is 2.24. The lowest BCUT2D eigenvalue weighted by Gasteiger charge is -2.21. The van der Waals surface area contributed by atoms with Crippen molar-refractivity contribution in [3.05, 3.63) is 29.1 Å². The summed E-state index contributed by atoms with van der Waals surface area (Å²) in [6.07, 6.45) is 1.75. The Morgan fingerprint density at radius 2 is 2.00 bits per heavy atom. The second-order valence-electron chi connectivity index (χ2n) is 4.61. The number of carbonyl (C=O) groups is 1. The monoisotopic (exact) mass is 207 g/mol. The molecule has 82 valence electrons. The second kappa shape index (κ2) is 4.01. The number of hydrogen-bond donors (Lipinski definition) is 0. The first-order chi connectivity index (χ1) is 6.86. The molecule has 3 heteroatoms. The number of methoxy groups -OCH3 is 1. The van der Waals surface area contributed by atoms with E-state index in [9.17, 15) is 4.79 Å². The van der Waals surface area contributed by atoms with Crippen LogP contribution in [0.3, 0.4) is 0 Å². The maximum absolute atomic E-state index is 11.6. The number of hydrogen-bond acceptors (Lipinski definition) is 3. The number of carbonyl (C=O) groups excluding carboxylic acids is 1. The summed E-state index contributed by atoms with van der Waals surface area (Å²) >= 11 is 0. The van der Waals surface area contributed by atoms with Gasteiger partial charge in [0.2, 0.25) is 0 Å². The number of ether oxygens (including phenoxy) is 1. The van der Waals surface area contributed by atoms with Gasteiger partial charge in [-0.2, -0.15) is 0 Å². The second-order valence-corrected chi connectivity index (χ2v) is 4.61. The zero-order valence-electron chi connectivity index (χ0n) is 9.92.